The SMILES string of the molecule is CC(C)C(NC(=O)Oc1ccccc1)C(=O)N1CC(C)(C)C[C@H]1C1=NC=C(c2ccc(-c3ccc(-c4ccc5nc([C@@H]6CC(C)(C)CN6C(=O)[C@@H](NC(=O)Oc6ccccc6)C(C)C)[nH]c(=O)c5c4)c4c3CC3(CCCC3)C4)cc2)C1. The molecule has 0 radical (unpaired) electrons. The van der Waals surface area contributed by atoms with Gasteiger partial charge in [-0.3, -0.25) is 19.4 Å². The van der Waals surface area contributed by atoms with E-state index in [1.54, 1.807) is 53.4 Å². The molecule has 81 heavy (non-hydrogen) atoms. The van der Waals surface area contributed by atoms with E-state index in [0.717, 1.165) is 52.8 Å². The van der Waals surface area contributed by atoms with Crippen molar-refractivity contribution in [1.82, 2.24) is 30.4 Å². The Morgan fingerprint density at radius 3 is 1.67 bits per heavy atom. The first-order chi connectivity index (χ1) is 38.7. The van der Waals surface area contributed by atoms with E-state index >= 15 is 0 Å². The molecule has 2 saturated heterocycles. The first-order valence-corrected chi connectivity index (χ1v) is 29.0. The highest BCUT2D eigenvalue weighted by atomic mass is 16.6. The minimum absolute atomic E-state index is 0.132. The Labute approximate surface area is 474 Å². The molecular weight excluding hydrogens is 1010 g/mol. The normalized spacial score (nSPS) is 20.3. The molecule has 14 heteroatoms. The van der Waals surface area contributed by atoms with Gasteiger partial charge in [0.05, 0.1) is 23.0 Å². The molecule has 1 saturated carbocycles. The predicted octanol–water partition coefficient (Wildman–Crippen LogP) is 12.7. The van der Waals surface area contributed by atoms with Crippen LogP contribution >= 0.6 is 0 Å². The van der Waals surface area contributed by atoms with Crippen molar-refractivity contribution < 1.29 is 28.7 Å². The molecule has 2 aliphatic carbocycles. The minimum Gasteiger partial charge on any atom is -0.410 e. The maximum atomic E-state index is 14.5. The molecule has 1 spiro atoms. The van der Waals surface area contributed by atoms with Gasteiger partial charge in [0.15, 0.2) is 0 Å². The van der Waals surface area contributed by atoms with Crippen molar-refractivity contribution in [2.75, 3.05) is 13.1 Å². The van der Waals surface area contributed by atoms with Crippen LogP contribution in [-0.2, 0) is 22.4 Å². The molecule has 6 aromatic rings. The van der Waals surface area contributed by atoms with Crippen molar-refractivity contribution in [3.05, 3.63) is 154 Å². The Kier molecular flexibility index (Phi) is 14.9. The topological polar surface area (TPSA) is 175 Å². The van der Waals surface area contributed by atoms with E-state index in [4.69, 9.17) is 19.5 Å². The predicted molar refractivity (Wildman–Crippen MR) is 317 cm³/mol. The molecule has 5 aromatic carbocycles. The third-order valence-corrected chi connectivity index (χ3v) is 17.6. The lowest BCUT2D eigenvalue weighted by atomic mass is 9.82. The third-order valence-electron chi connectivity index (χ3n) is 17.6. The number of nitrogens with one attached hydrogen (secondary N) is 3. The number of rotatable bonds is 13. The van der Waals surface area contributed by atoms with Gasteiger partial charge < -0.3 is 34.9 Å². The monoisotopic (exact) mass is 1090 g/mol. The molecule has 3 aliphatic heterocycles. The standard InChI is InChI=1S/C67H75N7O7/c1-40(2)57(70-63(78)80-46-17-11-9-12-18-46)61(76)73-38-65(5,6)35-55(73)54-32-45(37-68-54)42-21-23-43(24-22-42)48-26-27-49(52-34-67(33-51(48)52)29-15-16-30-67)44-25-28-53-50(31-44)60(75)72-59(69-53)56-36-66(7,8)39-74(56)62(77)58(41(3)4)71-64(79)81-47-19-13-10-14-20-47/h9-14,17-28,31,37,40-41,55-58H,15-16,29-30,32-36,38-39H2,1-8H3,(H,70,78)(H,71,79)(H,69,72,75)/t55-,56-,57?,58-/m0/s1. The number of carbonyl (C=O) groups excluding carboxylic acids is 4. The van der Waals surface area contributed by atoms with Gasteiger partial charge in [-0.2, -0.15) is 0 Å². The summed E-state index contributed by atoms with van der Waals surface area (Å²) in [5.41, 5.74) is 10.5. The summed E-state index contributed by atoms with van der Waals surface area (Å²) in [5, 5.41) is 6.18. The number of aromatic amines is 1. The van der Waals surface area contributed by atoms with Crippen LogP contribution in [0.4, 0.5) is 9.59 Å². The van der Waals surface area contributed by atoms with Crippen LogP contribution in [0.15, 0.2) is 131 Å². The lowest BCUT2D eigenvalue weighted by Crippen LogP contribution is -2.54. The zero-order valence-corrected chi connectivity index (χ0v) is 47.9. The molecule has 4 amide bonds. The molecule has 3 fully saturated rings. The molecule has 420 valence electrons. The lowest BCUT2D eigenvalue weighted by molar-refractivity contribution is -0.136. The molecule has 0 bridgehead atoms. The van der Waals surface area contributed by atoms with E-state index in [0.29, 0.717) is 54.2 Å². The van der Waals surface area contributed by atoms with E-state index in [2.05, 4.69) is 85.8 Å². The quantitative estimate of drug-likeness (QED) is 0.102. The number of aromatic nitrogens is 2. The van der Waals surface area contributed by atoms with Gasteiger partial charge in [-0.25, -0.2) is 14.6 Å². The van der Waals surface area contributed by atoms with E-state index in [-0.39, 0.29) is 51.5 Å². The Hall–Kier alpha value is -7.87. The highest BCUT2D eigenvalue weighted by Gasteiger charge is 2.47. The van der Waals surface area contributed by atoms with Gasteiger partial charge in [0.1, 0.15) is 29.4 Å². The minimum atomic E-state index is -0.861. The molecule has 3 N–H and O–H groups in total. The van der Waals surface area contributed by atoms with Crippen LogP contribution in [-0.4, -0.2) is 80.7 Å². The van der Waals surface area contributed by atoms with Crippen molar-refractivity contribution >= 4 is 46.2 Å². The second kappa shape index (κ2) is 21.9. The molecule has 4 heterocycles. The van der Waals surface area contributed by atoms with Gasteiger partial charge in [0.25, 0.3) is 5.56 Å². The van der Waals surface area contributed by atoms with Gasteiger partial charge in [-0.15, -0.1) is 0 Å². The second-order valence-electron chi connectivity index (χ2n) is 25.7. The van der Waals surface area contributed by atoms with Gasteiger partial charge in [0.2, 0.25) is 11.8 Å². The van der Waals surface area contributed by atoms with Crippen molar-refractivity contribution in [3.63, 3.8) is 0 Å². The number of hydrogen-bond acceptors (Lipinski definition) is 9. The summed E-state index contributed by atoms with van der Waals surface area (Å²) in [7, 11) is 0. The summed E-state index contributed by atoms with van der Waals surface area (Å²) < 4.78 is 11.0. The van der Waals surface area contributed by atoms with E-state index in [1.165, 1.54) is 42.4 Å². The Balaban J connectivity index is 0.812. The number of likely N-dealkylation sites (tertiary alicyclic amines) is 2. The molecule has 1 aromatic heterocycles. The van der Waals surface area contributed by atoms with Crippen molar-refractivity contribution in [1.29, 1.82) is 0 Å². The largest absolute Gasteiger partial charge is 0.413 e. The molecule has 5 aliphatic rings. The van der Waals surface area contributed by atoms with Crippen LogP contribution in [0.5, 0.6) is 11.5 Å². The first-order valence-electron chi connectivity index (χ1n) is 29.0. The van der Waals surface area contributed by atoms with Gasteiger partial charge in [-0.1, -0.05) is 147 Å². The summed E-state index contributed by atoms with van der Waals surface area (Å²) >= 11 is 0. The average molecular weight is 1090 g/mol. The van der Waals surface area contributed by atoms with E-state index in [9.17, 15) is 24.0 Å². The highest BCUT2D eigenvalue weighted by Crippen LogP contribution is 2.53. The zero-order chi connectivity index (χ0) is 57.0. The number of amides is 4. The number of ether oxygens (including phenoxy) is 2. The summed E-state index contributed by atoms with van der Waals surface area (Å²) in [6.45, 7) is 17.2. The average Bonchev–Trinajstić information content (AvgIpc) is 4.50. The van der Waals surface area contributed by atoms with Gasteiger partial charge in [-0.05, 0) is 148 Å². The highest BCUT2D eigenvalue weighted by molar-refractivity contribution is 6.04. The number of aliphatic imine (C=N–C) groups is 1. The van der Waals surface area contributed by atoms with Crippen LogP contribution in [0, 0.1) is 28.1 Å². The molecule has 4 atom stereocenters. The van der Waals surface area contributed by atoms with E-state index < -0.39 is 30.3 Å². The van der Waals surface area contributed by atoms with Crippen molar-refractivity contribution in [3.8, 4) is 33.8 Å². The summed E-state index contributed by atoms with van der Waals surface area (Å²) in [5.74, 6) is 0.425. The fourth-order valence-corrected chi connectivity index (χ4v) is 13.5. The number of para-hydroxylation sites is 2. The van der Waals surface area contributed by atoms with Crippen LogP contribution in [0.2, 0.25) is 0 Å². The molecule has 1 unspecified atom stereocenters. The zero-order valence-electron chi connectivity index (χ0n) is 47.9. The Morgan fingerprint density at radius 2 is 1.12 bits per heavy atom. The number of benzene rings is 5. The van der Waals surface area contributed by atoms with Crippen LogP contribution in [0.25, 0.3) is 38.7 Å². The lowest BCUT2D eigenvalue weighted by Gasteiger charge is -2.31. The first kappa shape index (κ1) is 55.1. The Bertz CT molecular complexity index is 3520. The van der Waals surface area contributed by atoms with Crippen molar-refractivity contribution in [2.45, 2.75) is 137 Å². The third kappa shape index (κ3) is 11.4. The van der Waals surface area contributed by atoms with Crippen molar-refractivity contribution in [2.24, 2.45) is 33.1 Å². The number of hydrogen-bond donors (Lipinski definition) is 3. The van der Waals surface area contributed by atoms with Crippen LogP contribution in [0.3, 0.4) is 0 Å². The second-order valence-corrected chi connectivity index (χ2v) is 25.7. The molecule has 11 rings (SSSR count). The maximum absolute atomic E-state index is 14.5. The number of H-pyrrole nitrogens is 1. The number of fused-ring (bicyclic) bond motifs is 2. The molecule has 14 nitrogen and oxygen atoms in total. The summed E-state index contributed by atoms with van der Waals surface area (Å²) in [4.78, 5) is 86.1. The fourth-order valence-electron chi connectivity index (χ4n) is 13.5. The fraction of sp³-hybridized carbons (Fsp3) is 0.418. The number of nitrogens with zero attached hydrogens (tertiary/aromatic N) is 4. The number of carbonyl (C=O) groups is 4. The van der Waals surface area contributed by atoms with Gasteiger partial charge >= 0.3 is 12.2 Å². The maximum Gasteiger partial charge on any atom is 0.413 e. The molecular formula is C67H75N7O7. The smallest absolute Gasteiger partial charge is 0.410 e. The van der Waals surface area contributed by atoms with Crippen LogP contribution < -0.4 is 25.7 Å². The van der Waals surface area contributed by atoms with Crippen LogP contribution in [0.1, 0.15) is 129 Å². The summed E-state index contributed by atoms with van der Waals surface area (Å²) in [6, 6.07) is 34.6. The summed E-state index contributed by atoms with van der Waals surface area (Å²) in [6.07, 6.45) is 9.41. The number of allylic oxidation sites excluding steroid dienone is 1. The van der Waals surface area contributed by atoms with Gasteiger partial charge in [0, 0.05) is 31.4 Å². The van der Waals surface area contributed by atoms with E-state index in [1.807, 2.05) is 63.1 Å². The Morgan fingerprint density at radius 1 is 0.630 bits per heavy atom.